The smallest absolute Gasteiger partial charge is 0.228 e. The summed E-state index contributed by atoms with van der Waals surface area (Å²) in [6.07, 6.45) is 4.27. The summed E-state index contributed by atoms with van der Waals surface area (Å²) in [6, 6.07) is 10.1. The number of amides is 1. The van der Waals surface area contributed by atoms with Crippen LogP contribution in [0.4, 0.5) is 0 Å². The van der Waals surface area contributed by atoms with Gasteiger partial charge in [0, 0.05) is 41.5 Å². The summed E-state index contributed by atoms with van der Waals surface area (Å²) in [5.74, 6) is 0.690. The number of carbonyl (C=O) groups is 1. The van der Waals surface area contributed by atoms with E-state index < -0.39 is 0 Å². The van der Waals surface area contributed by atoms with Crippen LogP contribution in [0.5, 0.6) is 0 Å². The van der Waals surface area contributed by atoms with E-state index in [0.717, 1.165) is 42.2 Å². The molecule has 1 aliphatic rings. The lowest BCUT2D eigenvalue weighted by Gasteiger charge is -2.31. The zero-order chi connectivity index (χ0) is 17.1. The Morgan fingerprint density at radius 3 is 2.68 bits per heavy atom. The van der Waals surface area contributed by atoms with Crippen molar-refractivity contribution in [3.8, 4) is 10.6 Å². The van der Waals surface area contributed by atoms with Gasteiger partial charge in [0.05, 0.1) is 17.1 Å². The Morgan fingerprint density at radius 1 is 1.16 bits per heavy atom. The molecule has 0 radical (unpaired) electrons. The summed E-state index contributed by atoms with van der Waals surface area (Å²) in [5.41, 5.74) is 1.98. The van der Waals surface area contributed by atoms with E-state index in [9.17, 15) is 4.79 Å². The Kier molecular flexibility index (Phi) is 4.90. The molecule has 6 heteroatoms. The lowest BCUT2D eigenvalue weighted by Crippen LogP contribution is -2.38. The fourth-order valence-corrected chi connectivity index (χ4v) is 4.82. The van der Waals surface area contributed by atoms with Crippen molar-refractivity contribution >= 4 is 28.6 Å². The predicted octanol–water partition coefficient (Wildman–Crippen LogP) is 4.22. The van der Waals surface area contributed by atoms with Gasteiger partial charge >= 0.3 is 0 Å². The van der Waals surface area contributed by atoms with Crippen LogP contribution in [-0.4, -0.2) is 33.9 Å². The second kappa shape index (κ2) is 7.45. The van der Waals surface area contributed by atoms with Gasteiger partial charge in [-0.3, -0.25) is 4.79 Å². The Balaban J connectivity index is 1.34. The summed E-state index contributed by atoms with van der Waals surface area (Å²) >= 11 is 3.32. The van der Waals surface area contributed by atoms with Crippen LogP contribution in [0.2, 0.25) is 0 Å². The quantitative estimate of drug-likeness (QED) is 0.692. The largest absolute Gasteiger partial charge is 0.342 e. The minimum absolute atomic E-state index is 0.183. The van der Waals surface area contributed by atoms with Crippen molar-refractivity contribution in [2.45, 2.75) is 25.2 Å². The summed E-state index contributed by atoms with van der Waals surface area (Å²) in [5, 5.41) is 6.21. The van der Waals surface area contributed by atoms with Crippen LogP contribution in [0, 0.1) is 0 Å². The average Bonchev–Trinajstić information content (AvgIpc) is 3.35. The van der Waals surface area contributed by atoms with Crippen LogP contribution in [-0.2, 0) is 11.2 Å². The number of benzene rings is 1. The summed E-state index contributed by atoms with van der Waals surface area (Å²) in [4.78, 5) is 23.6. The lowest BCUT2D eigenvalue weighted by atomic mass is 9.97. The molecule has 1 saturated heterocycles. The summed E-state index contributed by atoms with van der Waals surface area (Å²) < 4.78 is 0. The number of hydrogen-bond donors (Lipinski definition) is 0. The molecule has 128 valence electrons. The van der Waals surface area contributed by atoms with Gasteiger partial charge in [-0.15, -0.1) is 22.7 Å². The van der Waals surface area contributed by atoms with Crippen molar-refractivity contribution < 1.29 is 4.79 Å². The Hall–Kier alpha value is -2.05. The normalized spacial score (nSPS) is 15.4. The first-order valence-electron chi connectivity index (χ1n) is 8.46. The molecule has 0 N–H and O–H groups in total. The van der Waals surface area contributed by atoms with Gasteiger partial charge in [-0.1, -0.05) is 30.3 Å². The van der Waals surface area contributed by atoms with Crippen molar-refractivity contribution in [2.75, 3.05) is 13.1 Å². The Labute approximate surface area is 155 Å². The highest BCUT2D eigenvalue weighted by molar-refractivity contribution is 7.13. The molecular weight excluding hydrogens is 350 g/mol. The lowest BCUT2D eigenvalue weighted by molar-refractivity contribution is -0.131. The van der Waals surface area contributed by atoms with Crippen LogP contribution in [0.15, 0.2) is 47.3 Å². The van der Waals surface area contributed by atoms with E-state index in [4.69, 9.17) is 0 Å². The minimum Gasteiger partial charge on any atom is -0.342 e. The second-order valence-corrected chi connectivity index (χ2v) is 8.00. The molecule has 1 aromatic carbocycles. The minimum atomic E-state index is 0.183. The van der Waals surface area contributed by atoms with E-state index in [2.05, 4.69) is 9.97 Å². The summed E-state index contributed by atoms with van der Waals surface area (Å²) in [7, 11) is 0. The van der Waals surface area contributed by atoms with Crippen LogP contribution in [0.1, 0.15) is 29.5 Å². The molecule has 1 aliphatic heterocycles. The SMILES string of the molecule is O=C(Cc1csc(-c2ccccc2)n1)N1CCC(c2nccs2)CC1. The van der Waals surface area contributed by atoms with E-state index in [1.54, 1.807) is 22.7 Å². The van der Waals surface area contributed by atoms with Crippen molar-refractivity contribution in [3.63, 3.8) is 0 Å². The molecule has 2 aromatic heterocycles. The van der Waals surface area contributed by atoms with Gasteiger partial charge in [0.1, 0.15) is 5.01 Å². The van der Waals surface area contributed by atoms with Gasteiger partial charge in [-0.25, -0.2) is 9.97 Å². The van der Waals surface area contributed by atoms with Gasteiger partial charge in [-0.05, 0) is 12.8 Å². The van der Waals surface area contributed by atoms with Crippen LogP contribution >= 0.6 is 22.7 Å². The third-order valence-corrected chi connectivity index (χ3v) is 6.43. The zero-order valence-corrected chi connectivity index (χ0v) is 15.4. The average molecular weight is 370 g/mol. The monoisotopic (exact) mass is 369 g/mol. The first-order valence-corrected chi connectivity index (χ1v) is 10.2. The molecule has 0 spiro atoms. The molecule has 4 nitrogen and oxygen atoms in total. The zero-order valence-electron chi connectivity index (χ0n) is 13.8. The Morgan fingerprint density at radius 2 is 1.96 bits per heavy atom. The van der Waals surface area contributed by atoms with Crippen molar-refractivity contribution in [2.24, 2.45) is 0 Å². The number of rotatable bonds is 4. The number of carbonyl (C=O) groups excluding carboxylic acids is 1. The predicted molar refractivity (Wildman–Crippen MR) is 102 cm³/mol. The number of nitrogens with zero attached hydrogens (tertiary/aromatic N) is 3. The third kappa shape index (κ3) is 3.80. The van der Waals surface area contributed by atoms with Crippen LogP contribution in [0.3, 0.4) is 0 Å². The highest BCUT2D eigenvalue weighted by Gasteiger charge is 2.25. The molecule has 3 heterocycles. The molecule has 0 unspecified atom stereocenters. The van der Waals surface area contributed by atoms with E-state index in [0.29, 0.717) is 12.3 Å². The fraction of sp³-hybridized carbons (Fsp3) is 0.316. The highest BCUT2D eigenvalue weighted by atomic mass is 32.1. The van der Waals surface area contributed by atoms with E-state index in [1.807, 2.05) is 52.2 Å². The molecule has 3 aromatic rings. The number of likely N-dealkylation sites (tertiary alicyclic amines) is 1. The fourth-order valence-electron chi connectivity index (χ4n) is 3.18. The van der Waals surface area contributed by atoms with Crippen molar-refractivity contribution in [3.05, 3.63) is 58.0 Å². The molecule has 25 heavy (non-hydrogen) atoms. The first kappa shape index (κ1) is 16.4. The van der Waals surface area contributed by atoms with E-state index in [-0.39, 0.29) is 5.91 Å². The topological polar surface area (TPSA) is 46.1 Å². The molecule has 0 bridgehead atoms. The maximum Gasteiger partial charge on any atom is 0.228 e. The molecule has 0 saturated carbocycles. The number of thiazole rings is 2. The van der Waals surface area contributed by atoms with E-state index >= 15 is 0 Å². The second-order valence-electron chi connectivity index (χ2n) is 6.21. The van der Waals surface area contributed by atoms with Crippen molar-refractivity contribution in [1.29, 1.82) is 0 Å². The maximum absolute atomic E-state index is 12.6. The molecular formula is C19H19N3OS2. The molecule has 4 rings (SSSR count). The van der Waals surface area contributed by atoms with E-state index in [1.165, 1.54) is 5.01 Å². The van der Waals surface area contributed by atoms with Crippen LogP contribution < -0.4 is 0 Å². The van der Waals surface area contributed by atoms with Crippen molar-refractivity contribution in [1.82, 2.24) is 14.9 Å². The van der Waals surface area contributed by atoms with Gasteiger partial charge in [0.2, 0.25) is 5.91 Å². The maximum atomic E-state index is 12.6. The molecule has 0 aliphatic carbocycles. The number of piperidine rings is 1. The van der Waals surface area contributed by atoms with Gasteiger partial charge in [0.25, 0.3) is 0 Å². The molecule has 1 fully saturated rings. The van der Waals surface area contributed by atoms with Crippen LogP contribution in [0.25, 0.3) is 10.6 Å². The highest BCUT2D eigenvalue weighted by Crippen LogP contribution is 2.29. The number of aromatic nitrogens is 2. The molecule has 0 atom stereocenters. The number of hydrogen-bond acceptors (Lipinski definition) is 5. The Bertz CT molecular complexity index is 821. The van der Waals surface area contributed by atoms with Gasteiger partial charge < -0.3 is 4.90 Å². The first-order chi connectivity index (χ1) is 12.3. The van der Waals surface area contributed by atoms with Gasteiger partial charge in [0.15, 0.2) is 0 Å². The third-order valence-electron chi connectivity index (χ3n) is 4.55. The summed E-state index contributed by atoms with van der Waals surface area (Å²) in [6.45, 7) is 1.64. The molecule has 1 amide bonds. The standard InChI is InChI=1S/C19H19N3OS2/c23-17(22-9-6-15(7-10-22)18-20-8-11-24-18)12-16-13-25-19(21-16)14-4-2-1-3-5-14/h1-5,8,11,13,15H,6-7,9-10,12H2. The van der Waals surface area contributed by atoms with Gasteiger partial charge in [-0.2, -0.15) is 0 Å².